The van der Waals surface area contributed by atoms with Crippen molar-refractivity contribution < 1.29 is 5.11 Å². The van der Waals surface area contributed by atoms with Gasteiger partial charge in [0.15, 0.2) is 0 Å². The molecule has 0 aliphatic rings. The molecule has 0 aliphatic carbocycles. The first kappa shape index (κ1) is 17.9. The molecule has 1 atom stereocenters. The van der Waals surface area contributed by atoms with E-state index in [0.29, 0.717) is 11.8 Å². The summed E-state index contributed by atoms with van der Waals surface area (Å²) >= 11 is 1.63. The first-order chi connectivity index (χ1) is 9.58. The molecule has 114 valence electrons. The standard InChI is InChI=1S/C17H21NOS.ClH/c1-13(18(2)3)12-14-8-4-6-10-16(14)20-17-11-7-5-9-15(17)19;/h4-11,13,19H,12H2,1-3H3;1H. The maximum absolute atomic E-state index is 9.90. The molecule has 4 heteroatoms. The van der Waals surface area contributed by atoms with Crippen molar-refractivity contribution in [3.05, 3.63) is 54.1 Å². The summed E-state index contributed by atoms with van der Waals surface area (Å²) < 4.78 is 0. The van der Waals surface area contributed by atoms with Gasteiger partial charge in [0.05, 0.1) is 4.90 Å². The van der Waals surface area contributed by atoms with Crippen molar-refractivity contribution in [1.82, 2.24) is 4.90 Å². The van der Waals surface area contributed by atoms with E-state index in [0.717, 1.165) is 11.3 Å². The van der Waals surface area contributed by atoms with Crippen molar-refractivity contribution in [3.63, 3.8) is 0 Å². The third-order valence-corrected chi connectivity index (χ3v) is 4.64. The van der Waals surface area contributed by atoms with Gasteiger partial charge in [0, 0.05) is 10.9 Å². The summed E-state index contributed by atoms with van der Waals surface area (Å²) in [6.45, 7) is 2.22. The van der Waals surface area contributed by atoms with Crippen LogP contribution in [0.1, 0.15) is 12.5 Å². The van der Waals surface area contributed by atoms with E-state index in [-0.39, 0.29) is 12.4 Å². The van der Waals surface area contributed by atoms with Crippen molar-refractivity contribution in [1.29, 1.82) is 0 Å². The SMILES string of the molecule is CC(Cc1ccccc1Sc1ccccc1O)N(C)C.Cl. The van der Waals surface area contributed by atoms with Crippen LogP contribution in [0.5, 0.6) is 5.75 Å². The van der Waals surface area contributed by atoms with Gasteiger partial charge in [-0.05, 0) is 51.2 Å². The van der Waals surface area contributed by atoms with E-state index in [9.17, 15) is 5.11 Å². The minimum Gasteiger partial charge on any atom is -0.507 e. The number of likely N-dealkylation sites (N-methyl/N-ethyl adjacent to an activating group) is 1. The quantitative estimate of drug-likeness (QED) is 0.879. The van der Waals surface area contributed by atoms with E-state index >= 15 is 0 Å². The largest absolute Gasteiger partial charge is 0.507 e. The molecule has 0 bridgehead atoms. The van der Waals surface area contributed by atoms with E-state index < -0.39 is 0 Å². The molecular formula is C17H22ClNOS. The molecule has 1 N–H and O–H groups in total. The minimum atomic E-state index is 0. The number of hydrogen-bond acceptors (Lipinski definition) is 3. The molecule has 0 saturated heterocycles. The number of phenolic OH excluding ortho intramolecular Hbond substituents is 1. The topological polar surface area (TPSA) is 23.5 Å². The predicted octanol–water partition coefficient (Wildman–Crippen LogP) is 4.46. The molecule has 2 aromatic rings. The smallest absolute Gasteiger partial charge is 0.129 e. The minimum absolute atomic E-state index is 0. The van der Waals surface area contributed by atoms with Gasteiger partial charge in [-0.1, -0.05) is 42.1 Å². The number of halogens is 1. The summed E-state index contributed by atoms with van der Waals surface area (Å²) in [7, 11) is 4.20. The van der Waals surface area contributed by atoms with Crippen molar-refractivity contribution in [2.24, 2.45) is 0 Å². The zero-order valence-electron chi connectivity index (χ0n) is 12.6. The normalized spacial score (nSPS) is 12.0. The second-order valence-corrected chi connectivity index (χ2v) is 6.28. The second kappa shape index (κ2) is 8.32. The average Bonchev–Trinajstić information content (AvgIpc) is 2.43. The third kappa shape index (κ3) is 4.95. The molecule has 1 unspecified atom stereocenters. The van der Waals surface area contributed by atoms with Crippen LogP contribution in [0.2, 0.25) is 0 Å². The lowest BCUT2D eigenvalue weighted by molar-refractivity contribution is 0.311. The molecular weight excluding hydrogens is 302 g/mol. The van der Waals surface area contributed by atoms with Gasteiger partial charge in [0.1, 0.15) is 5.75 Å². The lowest BCUT2D eigenvalue weighted by atomic mass is 10.1. The molecule has 0 saturated carbocycles. The Morgan fingerprint density at radius 2 is 1.57 bits per heavy atom. The highest BCUT2D eigenvalue weighted by Gasteiger charge is 2.11. The number of phenols is 1. The van der Waals surface area contributed by atoms with E-state index in [2.05, 4.69) is 44.1 Å². The first-order valence-corrected chi connectivity index (χ1v) is 7.59. The molecule has 2 aromatic carbocycles. The Morgan fingerprint density at radius 1 is 1.00 bits per heavy atom. The Bertz CT molecular complexity index is 574. The van der Waals surface area contributed by atoms with Crippen molar-refractivity contribution >= 4 is 24.2 Å². The van der Waals surface area contributed by atoms with Gasteiger partial charge >= 0.3 is 0 Å². The van der Waals surface area contributed by atoms with E-state index in [1.54, 1.807) is 17.8 Å². The summed E-state index contributed by atoms with van der Waals surface area (Å²) in [4.78, 5) is 4.33. The second-order valence-electron chi connectivity index (χ2n) is 5.19. The number of hydrogen-bond donors (Lipinski definition) is 1. The molecule has 21 heavy (non-hydrogen) atoms. The van der Waals surface area contributed by atoms with Crippen LogP contribution in [-0.4, -0.2) is 30.1 Å². The third-order valence-electron chi connectivity index (χ3n) is 3.45. The van der Waals surface area contributed by atoms with Crippen LogP contribution in [0, 0.1) is 0 Å². The molecule has 0 heterocycles. The zero-order chi connectivity index (χ0) is 14.5. The number of para-hydroxylation sites is 1. The fourth-order valence-corrected chi connectivity index (χ4v) is 2.92. The van der Waals surface area contributed by atoms with Crippen molar-refractivity contribution in [2.75, 3.05) is 14.1 Å². The Kier molecular flexibility index (Phi) is 7.09. The molecule has 0 aliphatic heterocycles. The fraction of sp³-hybridized carbons (Fsp3) is 0.294. The van der Waals surface area contributed by atoms with Gasteiger partial charge in [-0.2, -0.15) is 0 Å². The van der Waals surface area contributed by atoms with Crippen LogP contribution in [0.3, 0.4) is 0 Å². The lowest BCUT2D eigenvalue weighted by Gasteiger charge is -2.21. The Balaban J connectivity index is 0.00000220. The fourth-order valence-electron chi connectivity index (χ4n) is 1.93. The maximum atomic E-state index is 9.90. The Hall–Kier alpha value is -1.16. The van der Waals surface area contributed by atoms with Gasteiger partial charge in [0.25, 0.3) is 0 Å². The highest BCUT2D eigenvalue weighted by Crippen LogP contribution is 2.36. The molecule has 0 radical (unpaired) electrons. The summed E-state index contributed by atoms with van der Waals surface area (Å²) in [5.74, 6) is 0.341. The zero-order valence-corrected chi connectivity index (χ0v) is 14.2. The number of aromatic hydroxyl groups is 1. The van der Waals surface area contributed by atoms with E-state index in [1.807, 2.05) is 24.3 Å². The van der Waals surface area contributed by atoms with Crippen molar-refractivity contribution in [2.45, 2.75) is 29.2 Å². The van der Waals surface area contributed by atoms with Crippen LogP contribution >= 0.6 is 24.2 Å². The Labute approximate surface area is 137 Å². The number of nitrogens with zero attached hydrogens (tertiary/aromatic N) is 1. The first-order valence-electron chi connectivity index (χ1n) is 6.78. The lowest BCUT2D eigenvalue weighted by Crippen LogP contribution is -2.26. The maximum Gasteiger partial charge on any atom is 0.129 e. The van der Waals surface area contributed by atoms with Gasteiger partial charge in [-0.25, -0.2) is 0 Å². The molecule has 0 fully saturated rings. The van der Waals surface area contributed by atoms with Gasteiger partial charge in [-0.15, -0.1) is 12.4 Å². The van der Waals surface area contributed by atoms with Gasteiger partial charge in [-0.3, -0.25) is 0 Å². The average molecular weight is 324 g/mol. The van der Waals surface area contributed by atoms with Crippen LogP contribution in [0.4, 0.5) is 0 Å². The summed E-state index contributed by atoms with van der Waals surface area (Å²) in [5.41, 5.74) is 1.32. The number of rotatable bonds is 5. The van der Waals surface area contributed by atoms with Crippen LogP contribution in [0.25, 0.3) is 0 Å². The molecule has 0 amide bonds. The highest BCUT2D eigenvalue weighted by atomic mass is 35.5. The van der Waals surface area contributed by atoms with Crippen molar-refractivity contribution in [3.8, 4) is 5.75 Å². The van der Waals surface area contributed by atoms with E-state index in [4.69, 9.17) is 0 Å². The summed E-state index contributed by atoms with van der Waals surface area (Å²) in [5, 5.41) is 9.90. The molecule has 0 spiro atoms. The van der Waals surface area contributed by atoms with Crippen LogP contribution in [0.15, 0.2) is 58.3 Å². The van der Waals surface area contributed by atoms with Crippen LogP contribution < -0.4 is 0 Å². The van der Waals surface area contributed by atoms with Crippen LogP contribution in [-0.2, 0) is 6.42 Å². The summed E-state index contributed by atoms with van der Waals surface area (Å²) in [6, 6.07) is 16.4. The molecule has 2 rings (SSSR count). The molecule has 0 aromatic heterocycles. The van der Waals surface area contributed by atoms with Gasteiger partial charge < -0.3 is 10.0 Å². The van der Waals surface area contributed by atoms with Gasteiger partial charge in [0.2, 0.25) is 0 Å². The predicted molar refractivity (Wildman–Crippen MR) is 92.8 cm³/mol. The monoisotopic (exact) mass is 323 g/mol. The Morgan fingerprint density at radius 3 is 2.19 bits per heavy atom. The highest BCUT2D eigenvalue weighted by molar-refractivity contribution is 7.99. The number of benzene rings is 2. The summed E-state index contributed by atoms with van der Waals surface area (Å²) in [6.07, 6.45) is 1.00. The van der Waals surface area contributed by atoms with E-state index in [1.165, 1.54) is 10.5 Å². The molecule has 2 nitrogen and oxygen atoms in total.